The predicted molar refractivity (Wildman–Crippen MR) is 157 cm³/mol. The fourth-order valence-electron chi connectivity index (χ4n) is 5.44. The molecule has 1 saturated heterocycles. The Bertz CT molecular complexity index is 1280. The summed E-state index contributed by atoms with van der Waals surface area (Å²) in [5.74, 6) is -1.92. The van der Waals surface area contributed by atoms with Crippen LogP contribution in [-0.4, -0.2) is 57.1 Å². The van der Waals surface area contributed by atoms with Crippen LogP contribution < -0.4 is 20.3 Å². The van der Waals surface area contributed by atoms with Crippen LogP contribution in [0.25, 0.3) is 0 Å². The van der Waals surface area contributed by atoms with Crippen molar-refractivity contribution >= 4 is 33.1 Å². The summed E-state index contributed by atoms with van der Waals surface area (Å²) < 4.78 is 42.6. The minimum absolute atomic E-state index is 0.0366. The molecule has 4 rings (SSSR count). The third-order valence-corrected chi connectivity index (χ3v) is 9.37. The molecule has 8 nitrogen and oxygen atoms in total. The van der Waals surface area contributed by atoms with E-state index in [1.807, 2.05) is 44.2 Å². The molecule has 0 unspecified atom stereocenters. The number of nitrogens with one attached hydrogen (secondary N) is 3. The highest BCUT2D eigenvalue weighted by molar-refractivity contribution is 7.92. The van der Waals surface area contributed by atoms with E-state index < -0.39 is 27.8 Å². The second kappa shape index (κ2) is 13.6. The van der Waals surface area contributed by atoms with Crippen molar-refractivity contribution in [2.75, 3.05) is 28.5 Å². The maximum Gasteiger partial charge on any atom is 0.255 e. The molecule has 40 heavy (non-hydrogen) atoms. The van der Waals surface area contributed by atoms with Crippen LogP contribution in [0.5, 0.6) is 0 Å². The zero-order valence-corrected chi connectivity index (χ0v) is 24.2. The number of carbonyl (C=O) groups excluding carboxylic acids is 2. The van der Waals surface area contributed by atoms with Gasteiger partial charge in [-0.2, -0.15) is 0 Å². The van der Waals surface area contributed by atoms with Crippen molar-refractivity contribution in [3.63, 3.8) is 0 Å². The Balaban J connectivity index is 1.61. The van der Waals surface area contributed by atoms with Gasteiger partial charge in [0, 0.05) is 24.3 Å². The van der Waals surface area contributed by atoms with Gasteiger partial charge in [-0.3, -0.25) is 13.9 Å². The first-order valence-corrected chi connectivity index (χ1v) is 16.0. The van der Waals surface area contributed by atoms with E-state index in [4.69, 9.17) is 0 Å². The van der Waals surface area contributed by atoms with Gasteiger partial charge in [0.15, 0.2) is 11.6 Å². The molecule has 10 heteroatoms. The van der Waals surface area contributed by atoms with E-state index in [0.29, 0.717) is 18.5 Å². The Kier molecular flexibility index (Phi) is 10.2. The molecule has 218 valence electrons. The molecule has 0 bridgehead atoms. The van der Waals surface area contributed by atoms with Gasteiger partial charge in [0.2, 0.25) is 10.0 Å². The smallest absolute Gasteiger partial charge is 0.255 e. The predicted octanol–water partition coefficient (Wildman–Crippen LogP) is 4.41. The van der Waals surface area contributed by atoms with Gasteiger partial charge < -0.3 is 16.0 Å². The summed E-state index contributed by atoms with van der Waals surface area (Å²) in [4.78, 5) is 27.0. The van der Waals surface area contributed by atoms with Crippen molar-refractivity contribution < 1.29 is 22.4 Å². The number of rotatable bonds is 11. The van der Waals surface area contributed by atoms with Crippen LogP contribution in [0.4, 0.5) is 15.8 Å². The second-order valence-corrected chi connectivity index (χ2v) is 13.2. The fourth-order valence-corrected chi connectivity index (χ4v) is 7.07. The molecule has 1 atom stereocenters. The zero-order chi connectivity index (χ0) is 28.7. The molecule has 1 saturated carbocycles. The van der Waals surface area contributed by atoms with Gasteiger partial charge in [-0.1, -0.05) is 49.6 Å². The summed E-state index contributed by atoms with van der Waals surface area (Å²) in [6.07, 6.45) is 6.88. The first-order valence-electron chi connectivity index (χ1n) is 14.4. The van der Waals surface area contributed by atoms with E-state index in [-0.39, 0.29) is 54.4 Å². The highest BCUT2D eigenvalue weighted by Crippen LogP contribution is 2.32. The van der Waals surface area contributed by atoms with Crippen molar-refractivity contribution in [3.8, 4) is 0 Å². The second-order valence-electron chi connectivity index (χ2n) is 11.1. The topological polar surface area (TPSA) is 108 Å². The molecule has 1 heterocycles. The lowest BCUT2D eigenvalue weighted by atomic mass is 9.95. The SMILES string of the molecule is CC(C)Nc1cc(C(=O)N[C@@H](Cc2ccccc2)C(=O)CNC2CCCCC2)c(F)c(N2CCCCS2(=O)=O)c1. The van der Waals surface area contributed by atoms with E-state index in [1.165, 1.54) is 18.6 Å². The number of anilines is 2. The van der Waals surface area contributed by atoms with Crippen LogP contribution in [0, 0.1) is 5.82 Å². The van der Waals surface area contributed by atoms with Gasteiger partial charge in [0.05, 0.1) is 29.6 Å². The molecule has 1 aliphatic carbocycles. The van der Waals surface area contributed by atoms with Crippen molar-refractivity contribution in [1.29, 1.82) is 0 Å². The summed E-state index contributed by atoms with van der Waals surface area (Å²) in [6, 6.07) is 11.6. The van der Waals surface area contributed by atoms with Crippen LogP contribution in [0.15, 0.2) is 42.5 Å². The number of hydrogen-bond acceptors (Lipinski definition) is 6. The number of Topliss-reactive ketones (excluding diaryl/α,β-unsaturated/α-hetero) is 1. The third kappa shape index (κ3) is 7.81. The summed E-state index contributed by atoms with van der Waals surface area (Å²) >= 11 is 0. The number of benzene rings is 2. The van der Waals surface area contributed by atoms with Crippen LogP contribution in [0.3, 0.4) is 0 Å². The van der Waals surface area contributed by atoms with E-state index in [1.54, 1.807) is 0 Å². The summed E-state index contributed by atoms with van der Waals surface area (Å²) in [5, 5.41) is 9.28. The van der Waals surface area contributed by atoms with Crippen molar-refractivity contribution in [2.45, 2.75) is 83.3 Å². The number of sulfonamides is 1. The molecule has 1 amide bonds. The molecule has 0 spiro atoms. The molecule has 3 N–H and O–H groups in total. The van der Waals surface area contributed by atoms with Gasteiger partial charge in [0.25, 0.3) is 5.91 Å². The van der Waals surface area contributed by atoms with Crippen LogP contribution >= 0.6 is 0 Å². The number of ketones is 1. The van der Waals surface area contributed by atoms with E-state index in [2.05, 4.69) is 16.0 Å². The highest BCUT2D eigenvalue weighted by Gasteiger charge is 2.32. The number of hydrogen-bond donors (Lipinski definition) is 3. The molecule has 0 radical (unpaired) electrons. The molecule has 0 aromatic heterocycles. The van der Waals surface area contributed by atoms with Gasteiger partial charge in [-0.25, -0.2) is 12.8 Å². The first kappa shape index (κ1) is 30.0. The summed E-state index contributed by atoms with van der Waals surface area (Å²) in [5.41, 5.74) is 0.852. The monoisotopic (exact) mass is 572 g/mol. The number of amides is 1. The van der Waals surface area contributed by atoms with Gasteiger partial charge in [-0.15, -0.1) is 0 Å². The van der Waals surface area contributed by atoms with Crippen LogP contribution in [0.2, 0.25) is 0 Å². The average Bonchev–Trinajstić information content (AvgIpc) is 2.93. The highest BCUT2D eigenvalue weighted by atomic mass is 32.2. The minimum Gasteiger partial charge on any atom is -0.383 e. The zero-order valence-electron chi connectivity index (χ0n) is 23.4. The van der Waals surface area contributed by atoms with Gasteiger partial charge in [-0.05, 0) is 63.6 Å². The molecule has 2 aromatic rings. The van der Waals surface area contributed by atoms with Gasteiger partial charge in [0.1, 0.15) is 0 Å². The van der Waals surface area contributed by atoms with Crippen molar-refractivity contribution in [2.24, 2.45) is 0 Å². The third-order valence-electron chi connectivity index (χ3n) is 7.52. The lowest BCUT2D eigenvalue weighted by Crippen LogP contribution is -2.47. The Morgan fingerprint density at radius 3 is 2.42 bits per heavy atom. The first-order chi connectivity index (χ1) is 19.1. The van der Waals surface area contributed by atoms with Crippen LogP contribution in [0.1, 0.15) is 74.7 Å². The van der Waals surface area contributed by atoms with Crippen molar-refractivity contribution in [1.82, 2.24) is 10.6 Å². The minimum atomic E-state index is -3.71. The fraction of sp³-hybridized carbons (Fsp3) is 0.533. The lowest BCUT2D eigenvalue weighted by Gasteiger charge is -2.30. The molecular weight excluding hydrogens is 531 g/mol. The lowest BCUT2D eigenvalue weighted by molar-refractivity contribution is -0.120. The summed E-state index contributed by atoms with van der Waals surface area (Å²) in [6.45, 7) is 4.05. The Labute approximate surface area is 237 Å². The Morgan fingerprint density at radius 1 is 1.02 bits per heavy atom. The maximum atomic E-state index is 15.9. The molecular formula is C30H41FN4O4S. The number of nitrogens with zero attached hydrogens (tertiary/aromatic N) is 1. The van der Waals surface area contributed by atoms with E-state index in [0.717, 1.165) is 35.6 Å². The molecule has 1 aliphatic heterocycles. The van der Waals surface area contributed by atoms with Crippen molar-refractivity contribution in [3.05, 3.63) is 59.4 Å². The largest absolute Gasteiger partial charge is 0.383 e. The maximum absolute atomic E-state index is 15.9. The summed E-state index contributed by atoms with van der Waals surface area (Å²) in [7, 11) is -3.71. The van der Waals surface area contributed by atoms with E-state index in [9.17, 15) is 18.0 Å². The Morgan fingerprint density at radius 2 is 1.75 bits per heavy atom. The molecule has 2 aromatic carbocycles. The normalized spacial score (nSPS) is 18.4. The molecule has 2 fully saturated rings. The number of halogens is 1. The van der Waals surface area contributed by atoms with Crippen LogP contribution in [-0.2, 0) is 21.2 Å². The average molecular weight is 573 g/mol. The quantitative estimate of drug-likeness (QED) is 0.368. The van der Waals surface area contributed by atoms with Gasteiger partial charge >= 0.3 is 0 Å². The Hall–Kier alpha value is -2.98. The molecule has 2 aliphatic rings. The van der Waals surface area contributed by atoms with E-state index >= 15 is 4.39 Å². The number of carbonyl (C=O) groups is 2. The standard InChI is InChI=1S/C30H41FN4O4S/c1-21(2)33-24-18-25(29(31)27(19-24)35-15-9-10-16-40(35,38)39)30(37)34-26(17-22-11-5-3-6-12-22)28(36)20-32-23-13-7-4-8-14-23/h3,5-6,11-12,18-19,21,23,26,32-33H,4,7-10,13-17,20H2,1-2H3,(H,34,37)/t26-/m0/s1.